The van der Waals surface area contributed by atoms with Gasteiger partial charge in [-0.25, -0.2) is 0 Å². The Hall–Kier alpha value is -1.07. The van der Waals surface area contributed by atoms with Gasteiger partial charge in [0.15, 0.2) is 0 Å². The summed E-state index contributed by atoms with van der Waals surface area (Å²) in [7, 11) is 4.02. The zero-order chi connectivity index (χ0) is 14.0. The van der Waals surface area contributed by atoms with Crippen LogP contribution in [0.15, 0.2) is 22.7 Å². The van der Waals surface area contributed by atoms with E-state index in [9.17, 15) is 9.90 Å². The highest BCUT2D eigenvalue weighted by Crippen LogP contribution is 2.27. The molecule has 19 heavy (non-hydrogen) atoms. The highest BCUT2D eigenvalue weighted by Gasteiger charge is 2.30. The van der Waals surface area contributed by atoms with Crippen molar-refractivity contribution in [1.29, 1.82) is 0 Å². The molecule has 1 unspecified atom stereocenters. The van der Waals surface area contributed by atoms with Crippen LogP contribution in [0, 0.1) is 0 Å². The highest BCUT2D eigenvalue weighted by molar-refractivity contribution is 9.10. The van der Waals surface area contributed by atoms with Crippen LogP contribution in [0.25, 0.3) is 0 Å². The second-order valence-corrected chi connectivity index (χ2v) is 6.13. The van der Waals surface area contributed by atoms with Gasteiger partial charge in [0.1, 0.15) is 5.75 Å². The molecular formula is C14H19BrN2O2. The van der Waals surface area contributed by atoms with E-state index in [1.807, 2.05) is 19.0 Å². The van der Waals surface area contributed by atoms with Crippen molar-refractivity contribution in [3.63, 3.8) is 0 Å². The fourth-order valence-electron chi connectivity index (χ4n) is 2.55. The van der Waals surface area contributed by atoms with E-state index in [0.717, 1.165) is 30.4 Å². The number of carbonyl (C=O) groups is 1. The SMILES string of the molecule is CN(C)CC1CCCN1C(=O)c1cc(Br)ccc1O. The van der Waals surface area contributed by atoms with Crippen LogP contribution < -0.4 is 0 Å². The number of carbonyl (C=O) groups excluding carboxylic acids is 1. The quantitative estimate of drug-likeness (QED) is 0.927. The summed E-state index contributed by atoms with van der Waals surface area (Å²) in [6.45, 7) is 1.63. The van der Waals surface area contributed by atoms with E-state index in [1.54, 1.807) is 18.2 Å². The van der Waals surface area contributed by atoms with Gasteiger partial charge in [-0.15, -0.1) is 0 Å². The number of nitrogens with zero attached hydrogens (tertiary/aromatic N) is 2. The van der Waals surface area contributed by atoms with E-state index in [4.69, 9.17) is 0 Å². The number of amides is 1. The molecule has 0 aliphatic carbocycles. The molecule has 1 amide bonds. The van der Waals surface area contributed by atoms with Crippen molar-refractivity contribution in [2.24, 2.45) is 0 Å². The molecule has 1 aliphatic heterocycles. The maximum Gasteiger partial charge on any atom is 0.257 e. The fraction of sp³-hybridized carbons (Fsp3) is 0.500. The minimum Gasteiger partial charge on any atom is -0.507 e. The fourth-order valence-corrected chi connectivity index (χ4v) is 2.91. The summed E-state index contributed by atoms with van der Waals surface area (Å²) in [6.07, 6.45) is 2.05. The Morgan fingerprint density at radius 2 is 2.26 bits per heavy atom. The Morgan fingerprint density at radius 1 is 1.53 bits per heavy atom. The van der Waals surface area contributed by atoms with Crippen molar-refractivity contribution in [1.82, 2.24) is 9.80 Å². The minimum absolute atomic E-state index is 0.0451. The van der Waals surface area contributed by atoms with Crippen LogP contribution in [-0.4, -0.2) is 54.0 Å². The first-order valence-corrected chi connectivity index (χ1v) is 7.22. The molecule has 0 bridgehead atoms. The number of likely N-dealkylation sites (N-methyl/N-ethyl adjacent to an activating group) is 1. The van der Waals surface area contributed by atoms with Gasteiger partial charge in [0, 0.05) is 23.6 Å². The number of phenolic OH excluding ortho intramolecular Hbond substituents is 1. The molecule has 1 aromatic rings. The molecule has 4 nitrogen and oxygen atoms in total. The molecule has 0 spiro atoms. The predicted octanol–water partition coefficient (Wildman–Crippen LogP) is 2.32. The maximum absolute atomic E-state index is 12.5. The molecule has 1 aromatic carbocycles. The number of benzene rings is 1. The van der Waals surface area contributed by atoms with Crippen LogP contribution in [0.2, 0.25) is 0 Å². The summed E-state index contributed by atoms with van der Waals surface area (Å²) in [5.41, 5.74) is 0.375. The Kier molecular flexibility index (Phi) is 4.47. The van der Waals surface area contributed by atoms with Crippen molar-refractivity contribution in [3.8, 4) is 5.75 Å². The third-order valence-corrected chi connectivity index (χ3v) is 3.90. The van der Waals surface area contributed by atoms with Gasteiger partial charge in [0.25, 0.3) is 5.91 Å². The Balaban J connectivity index is 2.20. The van der Waals surface area contributed by atoms with Crippen LogP contribution in [0.1, 0.15) is 23.2 Å². The van der Waals surface area contributed by atoms with Crippen molar-refractivity contribution in [3.05, 3.63) is 28.2 Å². The van der Waals surface area contributed by atoms with Crippen LogP contribution >= 0.6 is 15.9 Å². The van der Waals surface area contributed by atoms with Crippen LogP contribution in [-0.2, 0) is 0 Å². The van der Waals surface area contributed by atoms with Crippen LogP contribution in [0.3, 0.4) is 0 Å². The van der Waals surface area contributed by atoms with E-state index in [1.165, 1.54) is 0 Å². The maximum atomic E-state index is 12.5. The highest BCUT2D eigenvalue weighted by atomic mass is 79.9. The topological polar surface area (TPSA) is 43.8 Å². The summed E-state index contributed by atoms with van der Waals surface area (Å²) < 4.78 is 0.803. The molecule has 0 aromatic heterocycles. The Labute approximate surface area is 122 Å². The number of hydrogen-bond acceptors (Lipinski definition) is 3. The first-order valence-electron chi connectivity index (χ1n) is 6.43. The molecule has 1 fully saturated rings. The third-order valence-electron chi connectivity index (χ3n) is 3.40. The first kappa shape index (κ1) is 14.3. The molecule has 1 saturated heterocycles. The number of halogens is 1. The molecule has 104 valence electrons. The summed E-state index contributed by atoms with van der Waals surface area (Å²) in [4.78, 5) is 16.5. The van der Waals surface area contributed by atoms with Crippen molar-refractivity contribution in [2.45, 2.75) is 18.9 Å². The molecule has 1 aliphatic rings. The lowest BCUT2D eigenvalue weighted by atomic mass is 10.1. The summed E-state index contributed by atoms with van der Waals surface area (Å²) in [6, 6.07) is 5.20. The standard InChI is InChI=1S/C14H19BrN2O2/c1-16(2)9-11-4-3-7-17(11)14(19)12-8-10(15)5-6-13(12)18/h5-6,8,11,18H,3-4,7,9H2,1-2H3. The third kappa shape index (κ3) is 3.28. The van der Waals surface area contributed by atoms with Gasteiger partial charge in [-0.05, 0) is 45.1 Å². The molecule has 5 heteroatoms. The van der Waals surface area contributed by atoms with Gasteiger partial charge in [0.05, 0.1) is 5.56 Å². The molecule has 1 N–H and O–H groups in total. The van der Waals surface area contributed by atoms with Gasteiger partial charge < -0.3 is 14.9 Å². The summed E-state index contributed by atoms with van der Waals surface area (Å²) in [5, 5.41) is 9.86. The number of hydrogen-bond donors (Lipinski definition) is 1. The largest absolute Gasteiger partial charge is 0.507 e. The van der Waals surface area contributed by atoms with Gasteiger partial charge >= 0.3 is 0 Å². The Bertz CT molecular complexity index is 477. The lowest BCUT2D eigenvalue weighted by Gasteiger charge is -2.27. The molecule has 0 radical (unpaired) electrons. The van der Waals surface area contributed by atoms with E-state index in [-0.39, 0.29) is 17.7 Å². The molecular weight excluding hydrogens is 308 g/mol. The number of rotatable bonds is 3. The lowest BCUT2D eigenvalue weighted by molar-refractivity contribution is 0.0713. The first-order chi connectivity index (χ1) is 8.99. The molecule has 2 rings (SSSR count). The molecule has 1 atom stereocenters. The number of phenols is 1. The lowest BCUT2D eigenvalue weighted by Crippen LogP contribution is -2.41. The molecule has 1 heterocycles. The van der Waals surface area contributed by atoms with Crippen LogP contribution in [0.4, 0.5) is 0 Å². The van der Waals surface area contributed by atoms with E-state index < -0.39 is 0 Å². The van der Waals surface area contributed by atoms with Crippen molar-refractivity contribution >= 4 is 21.8 Å². The number of likely N-dealkylation sites (tertiary alicyclic amines) is 1. The van der Waals surface area contributed by atoms with Gasteiger partial charge in [0.2, 0.25) is 0 Å². The van der Waals surface area contributed by atoms with Crippen LogP contribution in [0.5, 0.6) is 5.75 Å². The second-order valence-electron chi connectivity index (χ2n) is 5.22. The average molecular weight is 327 g/mol. The number of aromatic hydroxyl groups is 1. The predicted molar refractivity (Wildman–Crippen MR) is 78.4 cm³/mol. The van der Waals surface area contributed by atoms with E-state index in [2.05, 4.69) is 20.8 Å². The van der Waals surface area contributed by atoms with Gasteiger partial charge in [-0.3, -0.25) is 4.79 Å². The van der Waals surface area contributed by atoms with E-state index in [0.29, 0.717) is 5.56 Å². The average Bonchev–Trinajstić information content (AvgIpc) is 2.78. The normalized spacial score (nSPS) is 19.2. The monoisotopic (exact) mass is 326 g/mol. The van der Waals surface area contributed by atoms with E-state index >= 15 is 0 Å². The van der Waals surface area contributed by atoms with Gasteiger partial charge in [-0.2, -0.15) is 0 Å². The van der Waals surface area contributed by atoms with Crippen molar-refractivity contribution < 1.29 is 9.90 Å². The summed E-state index contributed by atoms with van der Waals surface area (Å²) in [5.74, 6) is -0.0353. The van der Waals surface area contributed by atoms with Crippen molar-refractivity contribution in [2.75, 3.05) is 27.2 Å². The molecule has 0 saturated carbocycles. The summed E-state index contributed by atoms with van der Waals surface area (Å²) >= 11 is 3.34. The minimum atomic E-state index is -0.0804. The Morgan fingerprint density at radius 3 is 2.95 bits per heavy atom. The smallest absolute Gasteiger partial charge is 0.257 e. The zero-order valence-electron chi connectivity index (χ0n) is 11.3. The van der Waals surface area contributed by atoms with Gasteiger partial charge in [-0.1, -0.05) is 15.9 Å². The zero-order valence-corrected chi connectivity index (χ0v) is 12.9. The second kappa shape index (κ2) is 5.92.